The molecule has 0 atom stereocenters. The number of allylic oxidation sites excluding steroid dienone is 1. The SMILES string of the molecule is C=C(S)CCC.I. The normalized spacial score (nSPS) is 7.14. The maximum absolute atomic E-state index is 3.98. The summed E-state index contributed by atoms with van der Waals surface area (Å²) in [6.45, 7) is 5.72. The Balaban J connectivity index is 0. The van der Waals surface area contributed by atoms with Gasteiger partial charge in [-0.3, -0.25) is 0 Å². The highest BCUT2D eigenvalue weighted by atomic mass is 127. The molecule has 0 radical (unpaired) electrons. The Morgan fingerprint density at radius 2 is 2.14 bits per heavy atom. The molecule has 0 heterocycles. The lowest BCUT2D eigenvalue weighted by atomic mass is 10.3. The predicted octanol–water partition coefficient (Wildman–Crippen LogP) is 2.85. The van der Waals surface area contributed by atoms with Crippen LogP contribution in [0.25, 0.3) is 0 Å². The quantitative estimate of drug-likeness (QED) is 0.547. The molecule has 0 nitrogen and oxygen atoms in total. The molecule has 0 saturated carbocycles. The van der Waals surface area contributed by atoms with E-state index in [4.69, 9.17) is 0 Å². The zero-order valence-electron chi connectivity index (χ0n) is 4.48. The maximum Gasteiger partial charge on any atom is -0.0230 e. The van der Waals surface area contributed by atoms with Gasteiger partial charge in [0.25, 0.3) is 0 Å². The fourth-order valence-electron chi connectivity index (χ4n) is 0.289. The van der Waals surface area contributed by atoms with E-state index in [0.717, 1.165) is 17.7 Å². The van der Waals surface area contributed by atoms with Gasteiger partial charge in [-0.25, -0.2) is 0 Å². The smallest absolute Gasteiger partial charge is 0.0230 e. The summed E-state index contributed by atoms with van der Waals surface area (Å²) in [5.74, 6) is 0. The Kier molecular flexibility index (Phi) is 10.5. The summed E-state index contributed by atoms with van der Waals surface area (Å²) in [5.41, 5.74) is 0. The van der Waals surface area contributed by atoms with E-state index in [-0.39, 0.29) is 24.0 Å². The molecular weight excluding hydrogens is 219 g/mol. The number of thiol groups is 1. The summed E-state index contributed by atoms with van der Waals surface area (Å²) in [6, 6.07) is 0. The molecule has 0 unspecified atom stereocenters. The number of halogens is 1. The molecule has 0 aromatic heterocycles. The average Bonchev–Trinajstić information content (AvgIpc) is 1.35. The van der Waals surface area contributed by atoms with Crippen molar-refractivity contribution in [1.82, 2.24) is 0 Å². The van der Waals surface area contributed by atoms with Gasteiger partial charge in [-0.15, -0.1) is 36.6 Å². The first kappa shape index (κ1) is 10.7. The highest BCUT2D eigenvalue weighted by Gasteiger charge is 1.77. The minimum Gasteiger partial charge on any atom is -0.149 e. The first-order chi connectivity index (χ1) is 2.77. The van der Waals surface area contributed by atoms with Gasteiger partial charge in [0.15, 0.2) is 0 Å². The van der Waals surface area contributed by atoms with Crippen molar-refractivity contribution in [2.24, 2.45) is 0 Å². The number of hydrogen-bond acceptors (Lipinski definition) is 1. The Labute approximate surface area is 67.8 Å². The van der Waals surface area contributed by atoms with Crippen LogP contribution in [-0.2, 0) is 0 Å². The van der Waals surface area contributed by atoms with E-state index in [9.17, 15) is 0 Å². The van der Waals surface area contributed by atoms with Crippen LogP contribution in [0.5, 0.6) is 0 Å². The van der Waals surface area contributed by atoms with Gasteiger partial charge in [-0.2, -0.15) is 0 Å². The van der Waals surface area contributed by atoms with Crippen LogP contribution in [-0.4, -0.2) is 0 Å². The van der Waals surface area contributed by atoms with Crippen LogP contribution in [0.4, 0.5) is 0 Å². The minimum absolute atomic E-state index is 0. The highest BCUT2D eigenvalue weighted by molar-refractivity contribution is 14.0. The predicted molar refractivity (Wildman–Crippen MR) is 48.4 cm³/mol. The Morgan fingerprint density at radius 3 is 2.14 bits per heavy atom. The Bertz CT molecular complexity index is 52.0. The maximum atomic E-state index is 3.98. The highest BCUT2D eigenvalue weighted by Crippen LogP contribution is 2.03. The molecule has 0 bridgehead atoms. The van der Waals surface area contributed by atoms with Gasteiger partial charge < -0.3 is 0 Å². The lowest BCUT2D eigenvalue weighted by Gasteiger charge is -1.86. The van der Waals surface area contributed by atoms with Crippen LogP contribution in [0.15, 0.2) is 11.5 Å². The van der Waals surface area contributed by atoms with Gasteiger partial charge in [0.2, 0.25) is 0 Å². The zero-order valence-corrected chi connectivity index (χ0v) is 7.70. The molecule has 0 aliphatic rings. The second-order valence-corrected chi connectivity index (χ2v) is 1.95. The summed E-state index contributed by atoms with van der Waals surface area (Å²) >= 11 is 3.98. The topological polar surface area (TPSA) is 0 Å². The Hall–Kier alpha value is 0.820. The van der Waals surface area contributed by atoms with E-state index >= 15 is 0 Å². The van der Waals surface area contributed by atoms with Crippen LogP contribution < -0.4 is 0 Å². The van der Waals surface area contributed by atoms with Gasteiger partial charge in [0, 0.05) is 0 Å². The molecule has 0 amide bonds. The number of rotatable bonds is 2. The van der Waals surface area contributed by atoms with E-state index in [1.807, 2.05) is 0 Å². The van der Waals surface area contributed by atoms with Crippen LogP contribution in [0.3, 0.4) is 0 Å². The summed E-state index contributed by atoms with van der Waals surface area (Å²) in [6.07, 6.45) is 2.20. The first-order valence-electron chi connectivity index (χ1n) is 2.14. The van der Waals surface area contributed by atoms with Crippen LogP contribution in [0, 0.1) is 0 Å². The minimum atomic E-state index is 0. The van der Waals surface area contributed by atoms with E-state index < -0.39 is 0 Å². The fourth-order valence-corrected chi connectivity index (χ4v) is 0.512. The van der Waals surface area contributed by atoms with E-state index in [2.05, 4.69) is 26.1 Å². The molecule has 0 spiro atoms. The molecule has 0 aliphatic carbocycles. The molecule has 0 aromatic carbocycles. The molecule has 0 aromatic rings. The molecule has 0 fully saturated rings. The van der Waals surface area contributed by atoms with Crippen LogP contribution in [0.2, 0.25) is 0 Å². The van der Waals surface area contributed by atoms with E-state index in [0.29, 0.717) is 0 Å². The summed E-state index contributed by atoms with van der Waals surface area (Å²) < 4.78 is 0. The van der Waals surface area contributed by atoms with Crippen LogP contribution in [0.1, 0.15) is 19.8 Å². The Morgan fingerprint density at radius 1 is 1.71 bits per heavy atom. The molecule has 44 valence electrons. The monoisotopic (exact) mass is 230 g/mol. The number of hydrogen-bond donors (Lipinski definition) is 1. The average molecular weight is 230 g/mol. The van der Waals surface area contributed by atoms with Crippen molar-refractivity contribution in [2.75, 3.05) is 0 Å². The lowest BCUT2D eigenvalue weighted by molar-refractivity contribution is 0.951. The lowest BCUT2D eigenvalue weighted by Crippen LogP contribution is -1.63. The second-order valence-electron chi connectivity index (χ2n) is 1.32. The molecule has 0 saturated heterocycles. The third-order valence-electron chi connectivity index (χ3n) is 0.539. The largest absolute Gasteiger partial charge is 0.149 e. The van der Waals surface area contributed by atoms with Crippen molar-refractivity contribution < 1.29 is 0 Å². The van der Waals surface area contributed by atoms with Gasteiger partial charge >= 0.3 is 0 Å². The van der Waals surface area contributed by atoms with Crippen molar-refractivity contribution in [3.05, 3.63) is 11.5 Å². The van der Waals surface area contributed by atoms with Crippen LogP contribution >= 0.6 is 36.6 Å². The van der Waals surface area contributed by atoms with Crippen molar-refractivity contribution in [1.29, 1.82) is 0 Å². The summed E-state index contributed by atoms with van der Waals surface area (Å²) in [5, 5.41) is 0. The third kappa shape index (κ3) is 10.9. The van der Waals surface area contributed by atoms with Crippen molar-refractivity contribution in [2.45, 2.75) is 19.8 Å². The third-order valence-corrected chi connectivity index (χ3v) is 0.762. The summed E-state index contributed by atoms with van der Waals surface area (Å²) in [7, 11) is 0. The molecule has 7 heavy (non-hydrogen) atoms. The van der Waals surface area contributed by atoms with Gasteiger partial charge in [0.1, 0.15) is 0 Å². The van der Waals surface area contributed by atoms with E-state index in [1.54, 1.807) is 0 Å². The van der Waals surface area contributed by atoms with Crippen molar-refractivity contribution in [3.63, 3.8) is 0 Å². The molecule has 0 N–H and O–H groups in total. The van der Waals surface area contributed by atoms with Gasteiger partial charge in [-0.05, 0) is 11.3 Å². The summed E-state index contributed by atoms with van der Waals surface area (Å²) in [4.78, 5) is 0.984. The second kappa shape index (κ2) is 6.82. The molecule has 2 heteroatoms. The van der Waals surface area contributed by atoms with Crippen molar-refractivity contribution in [3.8, 4) is 0 Å². The van der Waals surface area contributed by atoms with Crippen molar-refractivity contribution >= 4 is 36.6 Å². The fraction of sp³-hybridized carbons (Fsp3) is 0.600. The standard InChI is InChI=1S/C5H10S.HI/c1-3-4-5(2)6;/h6H,2-4H2,1H3;1H. The molecule has 0 aliphatic heterocycles. The van der Waals surface area contributed by atoms with Gasteiger partial charge in [-0.1, -0.05) is 19.9 Å². The molecular formula is C5H11IS. The zero-order chi connectivity index (χ0) is 4.99. The first-order valence-corrected chi connectivity index (χ1v) is 2.59. The van der Waals surface area contributed by atoms with Gasteiger partial charge in [0.05, 0.1) is 0 Å². The van der Waals surface area contributed by atoms with E-state index in [1.165, 1.54) is 0 Å². The molecule has 0 rings (SSSR count).